The normalized spacial score (nSPS) is 19.6. The first-order valence-corrected chi connectivity index (χ1v) is 6.93. The number of primary amides is 1. The van der Waals surface area contributed by atoms with Crippen LogP contribution in [-0.2, 0) is 4.79 Å². The van der Waals surface area contributed by atoms with Crippen molar-refractivity contribution >= 4 is 30.6 Å². The fourth-order valence-corrected chi connectivity index (χ4v) is 3.54. The number of amides is 1. The molecule has 1 unspecified atom stereocenters. The molecule has 4 nitrogen and oxygen atoms in total. The molecule has 1 aliphatic rings. The summed E-state index contributed by atoms with van der Waals surface area (Å²) in [4.78, 5) is 11.3. The van der Waals surface area contributed by atoms with E-state index in [1.54, 1.807) is 0 Å². The van der Waals surface area contributed by atoms with Crippen molar-refractivity contribution in [3.63, 3.8) is 0 Å². The molecule has 1 amide bonds. The molecule has 0 saturated heterocycles. The third-order valence-electron chi connectivity index (χ3n) is 2.38. The Bertz CT molecular complexity index is 360. The van der Waals surface area contributed by atoms with E-state index in [4.69, 9.17) is 17.2 Å². The zero-order valence-corrected chi connectivity index (χ0v) is 10.8. The van der Waals surface area contributed by atoms with E-state index in [1.165, 1.54) is 3.58 Å². The molecule has 0 bridgehead atoms. The summed E-state index contributed by atoms with van der Waals surface area (Å²) in [5, 5.41) is 0. The highest BCUT2D eigenvalue weighted by Crippen LogP contribution is 2.32. The number of hydrogen-bond acceptors (Lipinski definition) is 3. The van der Waals surface area contributed by atoms with Crippen molar-refractivity contribution in [2.45, 2.75) is 13.3 Å². The molecule has 6 N–H and O–H groups in total. The lowest BCUT2D eigenvalue weighted by Crippen LogP contribution is -2.40. The molecule has 0 fully saturated rings. The first-order chi connectivity index (χ1) is 6.98. The van der Waals surface area contributed by atoms with Gasteiger partial charge in [0.25, 0.3) is 0 Å². The van der Waals surface area contributed by atoms with E-state index in [2.05, 4.69) is 0 Å². The Balaban J connectivity index is 2.78. The molecular formula is C10H16IN3O. The lowest BCUT2D eigenvalue weighted by molar-refractivity contribution is -0.126. The third-order valence-corrected chi connectivity index (χ3v) is 4.95. The van der Waals surface area contributed by atoms with Crippen LogP contribution in [0.25, 0.3) is 0 Å². The summed E-state index contributed by atoms with van der Waals surface area (Å²) in [6, 6.07) is 0. The summed E-state index contributed by atoms with van der Waals surface area (Å²) in [6.07, 6.45) is 4.49. The van der Waals surface area contributed by atoms with Crippen LogP contribution in [0.3, 0.4) is 0 Å². The monoisotopic (exact) mass is 321 g/mol. The zero-order chi connectivity index (χ0) is 11.5. The maximum Gasteiger partial charge on any atom is 0.224 e. The minimum Gasteiger partial charge on any atom is -0.398 e. The van der Waals surface area contributed by atoms with Gasteiger partial charge in [-0.1, -0.05) is 26.8 Å². The summed E-state index contributed by atoms with van der Waals surface area (Å²) >= 11 is -0.210. The Morgan fingerprint density at radius 3 is 2.60 bits per heavy atom. The second-order valence-electron chi connectivity index (χ2n) is 3.80. The number of carbonyl (C=O) groups excluding carboxylic acids is 1. The molecule has 1 atom stereocenters. The van der Waals surface area contributed by atoms with E-state index in [0.29, 0.717) is 6.42 Å². The van der Waals surface area contributed by atoms with Gasteiger partial charge in [0.05, 0.1) is 5.41 Å². The molecule has 84 valence electrons. The molecule has 0 spiro atoms. The number of hydrogen-bond donors (Lipinski definition) is 3. The molecule has 0 aliphatic carbocycles. The van der Waals surface area contributed by atoms with E-state index < -0.39 is 5.41 Å². The lowest BCUT2D eigenvalue weighted by atomic mass is 9.86. The van der Waals surface area contributed by atoms with Crippen molar-refractivity contribution in [3.8, 4) is 0 Å². The second-order valence-corrected chi connectivity index (χ2v) is 6.44. The van der Waals surface area contributed by atoms with Crippen molar-refractivity contribution in [2.75, 3.05) is 6.54 Å². The summed E-state index contributed by atoms with van der Waals surface area (Å²) in [6.45, 7) is 2.09. The van der Waals surface area contributed by atoms with E-state index in [0.717, 1.165) is 5.70 Å². The van der Waals surface area contributed by atoms with Gasteiger partial charge >= 0.3 is 0 Å². The van der Waals surface area contributed by atoms with Crippen molar-refractivity contribution in [1.82, 2.24) is 0 Å². The molecule has 1 rings (SSSR count). The summed E-state index contributed by atoms with van der Waals surface area (Å²) < 4.78 is 3.28. The molecule has 0 radical (unpaired) electrons. The maximum absolute atomic E-state index is 11.3. The van der Waals surface area contributed by atoms with E-state index in [9.17, 15) is 4.79 Å². The van der Waals surface area contributed by atoms with Crippen LogP contribution in [0.5, 0.6) is 0 Å². The van der Waals surface area contributed by atoms with Gasteiger partial charge in [-0.25, -0.2) is 0 Å². The Kier molecular flexibility index (Phi) is 4.04. The quantitative estimate of drug-likeness (QED) is 0.652. The van der Waals surface area contributed by atoms with Gasteiger partial charge in [0.1, 0.15) is 0 Å². The van der Waals surface area contributed by atoms with Crippen LogP contribution in [0.4, 0.5) is 0 Å². The van der Waals surface area contributed by atoms with Gasteiger partial charge in [0.2, 0.25) is 5.91 Å². The van der Waals surface area contributed by atoms with Crippen LogP contribution in [0.15, 0.2) is 21.4 Å². The number of allylic oxidation sites excluding steroid dienone is 4. The van der Waals surface area contributed by atoms with Crippen LogP contribution in [0, 0.1) is 5.41 Å². The zero-order valence-electron chi connectivity index (χ0n) is 8.66. The van der Waals surface area contributed by atoms with Crippen molar-refractivity contribution in [2.24, 2.45) is 22.6 Å². The molecule has 0 saturated carbocycles. The van der Waals surface area contributed by atoms with Gasteiger partial charge in [0.15, 0.2) is 0 Å². The highest BCUT2D eigenvalue weighted by Gasteiger charge is 2.30. The van der Waals surface area contributed by atoms with Gasteiger partial charge < -0.3 is 17.2 Å². The minimum atomic E-state index is -0.626. The highest BCUT2D eigenvalue weighted by molar-refractivity contribution is 14.2. The minimum absolute atomic E-state index is 0.210. The fraction of sp³-hybridized carbons (Fsp3) is 0.400. The average molecular weight is 321 g/mol. The number of carbonyl (C=O) groups is 1. The molecule has 1 heterocycles. The van der Waals surface area contributed by atoms with Crippen molar-refractivity contribution < 1.29 is 4.79 Å². The average Bonchev–Trinajstić information content (AvgIpc) is 2.21. The van der Waals surface area contributed by atoms with Crippen molar-refractivity contribution in [3.05, 3.63) is 21.4 Å². The predicted octanol–water partition coefficient (Wildman–Crippen LogP) is 0.340. The molecule has 5 heteroatoms. The fourth-order valence-electron chi connectivity index (χ4n) is 1.12. The Hall–Kier alpha value is -0.690. The van der Waals surface area contributed by atoms with E-state index >= 15 is 0 Å². The van der Waals surface area contributed by atoms with E-state index in [-0.39, 0.29) is 33.2 Å². The van der Waals surface area contributed by atoms with Crippen LogP contribution < -0.4 is 17.2 Å². The molecular weight excluding hydrogens is 305 g/mol. The van der Waals surface area contributed by atoms with Gasteiger partial charge in [0, 0.05) is 12.2 Å². The van der Waals surface area contributed by atoms with Gasteiger partial charge in [-0.3, -0.25) is 4.79 Å². The lowest BCUT2D eigenvalue weighted by Gasteiger charge is -2.24. The molecule has 15 heavy (non-hydrogen) atoms. The van der Waals surface area contributed by atoms with Crippen molar-refractivity contribution in [1.29, 1.82) is 0 Å². The molecule has 0 aromatic rings. The number of rotatable bonds is 4. The number of halogens is 1. The molecule has 0 aromatic heterocycles. The van der Waals surface area contributed by atoms with Gasteiger partial charge in [-0.15, -0.1) is 0 Å². The standard InChI is InChI=1S/C10H16IN3O/c1-10(6-12,9(14)15)4-7-2-3-8(13)5-11-7/h2-3,5H,4,6,12-13H2,1H3,(H2,14,15). The first-order valence-electron chi connectivity index (χ1n) is 4.61. The Morgan fingerprint density at radius 2 is 2.20 bits per heavy atom. The van der Waals surface area contributed by atoms with Crippen LogP contribution in [-0.4, -0.2) is 16.5 Å². The van der Waals surface area contributed by atoms with Gasteiger partial charge in [-0.2, -0.15) is 0 Å². The van der Waals surface area contributed by atoms with Crippen LogP contribution in [0.2, 0.25) is 0 Å². The first kappa shape index (κ1) is 12.4. The molecule has 0 aromatic carbocycles. The predicted molar refractivity (Wildman–Crippen MR) is 71.4 cm³/mol. The summed E-state index contributed by atoms with van der Waals surface area (Å²) in [5.74, 6) is -0.336. The topological polar surface area (TPSA) is 95.1 Å². The SMILES string of the molecule is CC(CN)(CC1=CC=C(N)C=I1)C(N)=O. The summed E-state index contributed by atoms with van der Waals surface area (Å²) in [7, 11) is 0. The Labute approximate surface area is 99.3 Å². The third kappa shape index (κ3) is 3.13. The van der Waals surface area contributed by atoms with E-state index in [1.807, 2.05) is 23.1 Å². The summed E-state index contributed by atoms with van der Waals surface area (Å²) in [5.41, 5.74) is 16.7. The van der Waals surface area contributed by atoms with Gasteiger partial charge in [-0.05, 0) is 27.0 Å². The number of nitrogens with two attached hydrogens (primary N) is 3. The van der Waals surface area contributed by atoms with Crippen LogP contribution >= 0.6 is 20.7 Å². The molecule has 1 aliphatic heterocycles. The second kappa shape index (κ2) is 4.89. The van der Waals surface area contributed by atoms with Crippen LogP contribution in [0.1, 0.15) is 13.3 Å². The largest absolute Gasteiger partial charge is 0.398 e. The Morgan fingerprint density at radius 1 is 1.53 bits per heavy atom. The maximum atomic E-state index is 11.3. The smallest absolute Gasteiger partial charge is 0.224 e. The highest BCUT2D eigenvalue weighted by atomic mass is 127.